The van der Waals surface area contributed by atoms with E-state index in [2.05, 4.69) is 0 Å². The molecule has 0 spiro atoms. The van der Waals surface area contributed by atoms with Gasteiger partial charge in [0.15, 0.2) is 0 Å². The van der Waals surface area contributed by atoms with Gasteiger partial charge in [-0.05, 0) is 44.7 Å². The first-order chi connectivity index (χ1) is 13.0. The standard InChI is InChI=1S/C19H27N3O4S/c1-2-26-12-17(23)22-9-3-4-14(22)15-5-6-16(27-15)19(25)21-10-7-13(8-11-21)18(20)24/h5-6,13-14H,2-4,7-12H2,1H3,(H2,20,24)/t14-/m1/s1. The molecule has 3 rings (SSSR count). The van der Waals surface area contributed by atoms with Crippen LogP contribution in [0.15, 0.2) is 12.1 Å². The number of nitrogens with two attached hydrogens (primary N) is 1. The Labute approximate surface area is 163 Å². The van der Waals surface area contributed by atoms with Crippen LogP contribution in [-0.2, 0) is 14.3 Å². The Morgan fingerprint density at radius 3 is 2.59 bits per heavy atom. The van der Waals surface area contributed by atoms with E-state index in [0.717, 1.165) is 24.3 Å². The second kappa shape index (κ2) is 8.84. The van der Waals surface area contributed by atoms with Gasteiger partial charge in [0, 0.05) is 37.0 Å². The maximum absolute atomic E-state index is 12.8. The number of hydrogen-bond acceptors (Lipinski definition) is 5. The Balaban J connectivity index is 1.63. The van der Waals surface area contributed by atoms with Gasteiger partial charge in [-0.2, -0.15) is 0 Å². The van der Waals surface area contributed by atoms with E-state index in [0.29, 0.717) is 37.4 Å². The normalized spacial score (nSPS) is 20.9. The zero-order valence-corrected chi connectivity index (χ0v) is 16.5. The summed E-state index contributed by atoms with van der Waals surface area (Å²) in [6.07, 6.45) is 3.13. The van der Waals surface area contributed by atoms with E-state index in [1.54, 1.807) is 4.90 Å². The summed E-state index contributed by atoms with van der Waals surface area (Å²) in [6.45, 7) is 4.36. The molecule has 0 aromatic carbocycles. The molecule has 8 heteroatoms. The highest BCUT2D eigenvalue weighted by atomic mass is 32.1. The lowest BCUT2D eigenvalue weighted by atomic mass is 9.96. The van der Waals surface area contributed by atoms with Crippen molar-refractivity contribution in [3.8, 4) is 0 Å². The number of ether oxygens (including phenoxy) is 1. The van der Waals surface area contributed by atoms with E-state index in [-0.39, 0.29) is 36.3 Å². The van der Waals surface area contributed by atoms with Crippen LogP contribution in [0.5, 0.6) is 0 Å². The molecule has 7 nitrogen and oxygen atoms in total. The SMILES string of the molecule is CCOCC(=O)N1CCC[C@@H]1c1ccc(C(=O)N2CCC(C(N)=O)CC2)s1. The van der Waals surface area contributed by atoms with Crippen LogP contribution in [0.1, 0.15) is 53.2 Å². The van der Waals surface area contributed by atoms with Crippen molar-refractivity contribution in [2.24, 2.45) is 11.7 Å². The maximum Gasteiger partial charge on any atom is 0.263 e. The van der Waals surface area contributed by atoms with E-state index in [1.165, 1.54) is 11.3 Å². The summed E-state index contributed by atoms with van der Waals surface area (Å²) in [4.78, 5) is 41.8. The van der Waals surface area contributed by atoms with Crippen molar-refractivity contribution in [1.82, 2.24) is 9.80 Å². The third kappa shape index (κ3) is 4.50. The molecule has 2 fully saturated rings. The van der Waals surface area contributed by atoms with Crippen molar-refractivity contribution in [2.45, 2.75) is 38.6 Å². The molecule has 27 heavy (non-hydrogen) atoms. The van der Waals surface area contributed by atoms with Crippen LogP contribution in [0.2, 0.25) is 0 Å². The molecule has 2 saturated heterocycles. The predicted octanol–water partition coefficient (Wildman–Crippen LogP) is 1.79. The molecule has 2 aliphatic rings. The molecule has 0 bridgehead atoms. The molecule has 1 aromatic rings. The van der Waals surface area contributed by atoms with Gasteiger partial charge in [-0.3, -0.25) is 14.4 Å². The molecule has 0 aliphatic carbocycles. The number of thiophene rings is 1. The first kappa shape index (κ1) is 19.8. The van der Waals surface area contributed by atoms with Crippen LogP contribution in [0.4, 0.5) is 0 Å². The van der Waals surface area contributed by atoms with Crippen molar-refractivity contribution < 1.29 is 19.1 Å². The Bertz CT molecular complexity index is 697. The predicted molar refractivity (Wildman–Crippen MR) is 102 cm³/mol. The molecule has 148 valence electrons. The number of piperidine rings is 1. The topological polar surface area (TPSA) is 92.9 Å². The van der Waals surface area contributed by atoms with Crippen molar-refractivity contribution >= 4 is 29.1 Å². The molecule has 0 radical (unpaired) electrons. The van der Waals surface area contributed by atoms with E-state index in [4.69, 9.17) is 10.5 Å². The smallest absolute Gasteiger partial charge is 0.263 e. The number of carbonyl (C=O) groups excluding carboxylic acids is 3. The van der Waals surface area contributed by atoms with Crippen LogP contribution in [0, 0.1) is 5.92 Å². The zero-order valence-electron chi connectivity index (χ0n) is 15.7. The number of amides is 3. The Hall–Kier alpha value is -1.93. The summed E-state index contributed by atoms with van der Waals surface area (Å²) < 4.78 is 5.26. The molecular weight excluding hydrogens is 366 g/mol. The fourth-order valence-electron chi connectivity index (χ4n) is 3.80. The van der Waals surface area contributed by atoms with Gasteiger partial charge in [0.25, 0.3) is 5.91 Å². The van der Waals surface area contributed by atoms with Crippen molar-refractivity contribution in [3.05, 3.63) is 21.9 Å². The molecular formula is C19H27N3O4S. The van der Waals surface area contributed by atoms with Crippen molar-refractivity contribution in [2.75, 3.05) is 32.8 Å². The average molecular weight is 394 g/mol. The van der Waals surface area contributed by atoms with Gasteiger partial charge >= 0.3 is 0 Å². The first-order valence-corrected chi connectivity index (χ1v) is 10.4. The zero-order chi connectivity index (χ0) is 19.4. The summed E-state index contributed by atoms with van der Waals surface area (Å²) in [5.41, 5.74) is 5.36. The van der Waals surface area contributed by atoms with Gasteiger partial charge in [-0.15, -0.1) is 11.3 Å². The lowest BCUT2D eigenvalue weighted by Crippen LogP contribution is -2.41. The highest BCUT2D eigenvalue weighted by Gasteiger charge is 2.32. The van der Waals surface area contributed by atoms with Gasteiger partial charge in [0.2, 0.25) is 11.8 Å². The summed E-state index contributed by atoms with van der Waals surface area (Å²) >= 11 is 1.47. The van der Waals surface area contributed by atoms with Gasteiger partial charge < -0.3 is 20.3 Å². The average Bonchev–Trinajstić information content (AvgIpc) is 3.34. The van der Waals surface area contributed by atoms with Gasteiger partial charge in [0.1, 0.15) is 6.61 Å². The fraction of sp³-hybridized carbons (Fsp3) is 0.632. The van der Waals surface area contributed by atoms with Crippen LogP contribution < -0.4 is 5.73 Å². The van der Waals surface area contributed by atoms with Crippen molar-refractivity contribution in [3.63, 3.8) is 0 Å². The number of carbonyl (C=O) groups is 3. The van der Waals surface area contributed by atoms with E-state index >= 15 is 0 Å². The monoisotopic (exact) mass is 393 g/mol. The van der Waals surface area contributed by atoms with Gasteiger partial charge in [0.05, 0.1) is 10.9 Å². The van der Waals surface area contributed by atoms with Crippen LogP contribution in [-0.4, -0.2) is 60.4 Å². The highest BCUT2D eigenvalue weighted by molar-refractivity contribution is 7.14. The summed E-state index contributed by atoms with van der Waals surface area (Å²) in [7, 11) is 0. The Kier molecular flexibility index (Phi) is 6.49. The number of nitrogens with zero attached hydrogens (tertiary/aromatic N) is 2. The highest BCUT2D eigenvalue weighted by Crippen LogP contribution is 2.36. The first-order valence-electron chi connectivity index (χ1n) is 9.56. The molecule has 1 aromatic heterocycles. The molecule has 0 unspecified atom stereocenters. The van der Waals surface area contributed by atoms with Crippen molar-refractivity contribution in [1.29, 1.82) is 0 Å². The summed E-state index contributed by atoms with van der Waals surface area (Å²) in [6, 6.07) is 3.85. The molecule has 2 N–H and O–H groups in total. The fourth-order valence-corrected chi connectivity index (χ4v) is 4.93. The van der Waals surface area contributed by atoms with Gasteiger partial charge in [-0.25, -0.2) is 0 Å². The van der Waals surface area contributed by atoms with E-state index in [1.807, 2.05) is 24.0 Å². The molecule has 3 heterocycles. The number of likely N-dealkylation sites (tertiary alicyclic amines) is 2. The number of primary amides is 1. The third-order valence-electron chi connectivity index (χ3n) is 5.35. The minimum Gasteiger partial charge on any atom is -0.372 e. The molecule has 3 amide bonds. The number of rotatable bonds is 6. The number of hydrogen-bond donors (Lipinski definition) is 1. The molecule has 0 saturated carbocycles. The second-order valence-electron chi connectivity index (χ2n) is 7.05. The minimum absolute atomic E-state index is 0.000592. The Morgan fingerprint density at radius 1 is 1.19 bits per heavy atom. The van der Waals surface area contributed by atoms with E-state index in [9.17, 15) is 14.4 Å². The minimum atomic E-state index is -0.279. The lowest BCUT2D eigenvalue weighted by molar-refractivity contribution is -0.136. The summed E-state index contributed by atoms with van der Waals surface area (Å²) in [5, 5.41) is 0. The lowest BCUT2D eigenvalue weighted by Gasteiger charge is -2.30. The largest absolute Gasteiger partial charge is 0.372 e. The molecule has 2 aliphatic heterocycles. The third-order valence-corrected chi connectivity index (χ3v) is 6.53. The van der Waals surface area contributed by atoms with Crippen LogP contribution in [0.25, 0.3) is 0 Å². The van der Waals surface area contributed by atoms with E-state index < -0.39 is 0 Å². The maximum atomic E-state index is 12.8. The summed E-state index contributed by atoms with van der Waals surface area (Å²) in [5.74, 6) is -0.400. The van der Waals surface area contributed by atoms with Gasteiger partial charge in [-0.1, -0.05) is 0 Å². The quantitative estimate of drug-likeness (QED) is 0.797. The second-order valence-corrected chi connectivity index (χ2v) is 8.17. The Morgan fingerprint density at radius 2 is 1.93 bits per heavy atom. The van der Waals surface area contributed by atoms with Crippen LogP contribution in [0.3, 0.4) is 0 Å². The molecule has 1 atom stereocenters. The van der Waals surface area contributed by atoms with Crippen LogP contribution >= 0.6 is 11.3 Å².